The van der Waals surface area contributed by atoms with Gasteiger partial charge in [-0.05, 0) is 31.0 Å². The molecule has 0 aliphatic carbocycles. The predicted molar refractivity (Wildman–Crippen MR) is 110 cm³/mol. The fourth-order valence-electron chi connectivity index (χ4n) is 3.08. The molecule has 2 heterocycles. The number of rotatable bonds is 7. The van der Waals surface area contributed by atoms with Crippen molar-refractivity contribution >= 4 is 29.3 Å². The van der Waals surface area contributed by atoms with E-state index >= 15 is 0 Å². The van der Waals surface area contributed by atoms with Crippen molar-refractivity contribution in [2.75, 3.05) is 30.1 Å². The van der Waals surface area contributed by atoms with Crippen molar-refractivity contribution in [3.63, 3.8) is 0 Å². The highest BCUT2D eigenvalue weighted by Crippen LogP contribution is 2.36. The lowest BCUT2D eigenvalue weighted by Crippen LogP contribution is -2.31. The van der Waals surface area contributed by atoms with Crippen LogP contribution in [0.1, 0.15) is 38.3 Å². The average Bonchev–Trinajstić information content (AvgIpc) is 3.02. The average molecular weight is 387 g/mol. The van der Waals surface area contributed by atoms with Crippen molar-refractivity contribution in [3.8, 4) is 0 Å². The molecule has 144 valence electrons. The number of amides is 1. The quantitative estimate of drug-likeness (QED) is 0.562. The number of carbonyl (C=O) groups excluding carboxylic acids is 1. The van der Waals surface area contributed by atoms with Crippen molar-refractivity contribution in [2.24, 2.45) is 5.73 Å². The van der Waals surface area contributed by atoms with Crippen molar-refractivity contribution in [2.45, 2.75) is 37.9 Å². The second kappa shape index (κ2) is 8.04. The van der Waals surface area contributed by atoms with Gasteiger partial charge in [0.2, 0.25) is 17.0 Å². The third-order valence-corrected chi connectivity index (χ3v) is 5.48. The SMILES string of the molecule is CCCCSc1nc2n(n1)C(c1ccc(N(C)C)cc1)C(C(N)=O)=C(C)N2. The maximum absolute atomic E-state index is 12.2. The summed E-state index contributed by atoms with van der Waals surface area (Å²) in [6, 6.07) is 7.69. The van der Waals surface area contributed by atoms with Gasteiger partial charge in [0.15, 0.2) is 0 Å². The maximum Gasteiger partial charge on any atom is 0.248 e. The number of unbranched alkanes of at least 4 members (excludes halogenated alkanes) is 1. The van der Waals surface area contributed by atoms with Gasteiger partial charge in [0, 0.05) is 31.2 Å². The summed E-state index contributed by atoms with van der Waals surface area (Å²) in [5.41, 5.74) is 8.98. The second-order valence-electron chi connectivity index (χ2n) is 6.78. The number of thioether (sulfide) groups is 1. The Morgan fingerprint density at radius 2 is 2.04 bits per heavy atom. The van der Waals surface area contributed by atoms with Gasteiger partial charge in [0.25, 0.3) is 0 Å². The molecular weight excluding hydrogens is 360 g/mol. The molecule has 1 aromatic heterocycles. The number of allylic oxidation sites excluding steroid dienone is 1. The number of carbonyl (C=O) groups is 1. The first-order chi connectivity index (χ1) is 12.9. The lowest BCUT2D eigenvalue weighted by Gasteiger charge is -2.28. The molecule has 0 spiro atoms. The molecule has 3 N–H and O–H groups in total. The lowest BCUT2D eigenvalue weighted by atomic mass is 9.95. The summed E-state index contributed by atoms with van der Waals surface area (Å²) in [6.07, 6.45) is 2.24. The van der Waals surface area contributed by atoms with Gasteiger partial charge in [-0.25, -0.2) is 4.68 Å². The number of hydrogen-bond acceptors (Lipinski definition) is 6. The summed E-state index contributed by atoms with van der Waals surface area (Å²) in [4.78, 5) is 18.8. The molecular formula is C19H26N6OS. The normalized spacial score (nSPS) is 16.1. The summed E-state index contributed by atoms with van der Waals surface area (Å²) < 4.78 is 1.77. The van der Waals surface area contributed by atoms with Gasteiger partial charge in [0.1, 0.15) is 6.04 Å². The van der Waals surface area contributed by atoms with Crippen LogP contribution in [0.15, 0.2) is 40.7 Å². The number of nitrogens with one attached hydrogen (secondary N) is 1. The van der Waals surface area contributed by atoms with Gasteiger partial charge >= 0.3 is 0 Å². The molecule has 0 bridgehead atoms. The second-order valence-corrected chi connectivity index (χ2v) is 7.84. The summed E-state index contributed by atoms with van der Waals surface area (Å²) in [7, 11) is 3.99. The Bertz CT molecular complexity index is 856. The number of fused-ring (bicyclic) bond motifs is 1. The van der Waals surface area contributed by atoms with Crippen LogP contribution in [0.3, 0.4) is 0 Å². The molecule has 1 aliphatic rings. The smallest absolute Gasteiger partial charge is 0.248 e. The van der Waals surface area contributed by atoms with E-state index in [9.17, 15) is 4.79 Å². The first-order valence-corrected chi connectivity index (χ1v) is 10.0. The van der Waals surface area contributed by atoms with Crippen molar-refractivity contribution < 1.29 is 4.79 Å². The van der Waals surface area contributed by atoms with Crippen LogP contribution >= 0.6 is 11.8 Å². The molecule has 0 saturated carbocycles. The molecule has 0 saturated heterocycles. The standard InChI is InChI=1S/C19H26N6OS/c1-5-6-11-27-19-22-18-21-12(2)15(17(20)26)16(25(18)23-19)13-7-9-14(10-8-13)24(3)4/h7-10,16H,5-6,11H2,1-4H3,(H2,20,26)(H,21,22,23). The molecule has 7 nitrogen and oxygen atoms in total. The van der Waals surface area contributed by atoms with Gasteiger partial charge in [-0.15, -0.1) is 5.10 Å². The van der Waals surface area contributed by atoms with Crippen LogP contribution in [0.25, 0.3) is 0 Å². The van der Waals surface area contributed by atoms with Crippen LogP contribution in [0.5, 0.6) is 0 Å². The Morgan fingerprint density at radius 1 is 1.33 bits per heavy atom. The highest BCUT2D eigenvalue weighted by atomic mass is 32.2. The highest BCUT2D eigenvalue weighted by molar-refractivity contribution is 7.99. The molecule has 8 heteroatoms. The van der Waals surface area contributed by atoms with Crippen molar-refractivity contribution in [1.29, 1.82) is 0 Å². The van der Waals surface area contributed by atoms with Crippen LogP contribution in [0.2, 0.25) is 0 Å². The van der Waals surface area contributed by atoms with E-state index in [0.717, 1.165) is 29.8 Å². The highest BCUT2D eigenvalue weighted by Gasteiger charge is 2.33. The Hall–Kier alpha value is -2.48. The van der Waals surface area contributed by atoms with Crippen LogP contribution in [0, 0.1) is 0 Å². The van der Waals surface area contributed by atoms with Crippen molar-refractivity contribution in [3.05, 3.63) is 41.1 Å². The van der Waals surface area contributed by atoms with Crippen LogP contribution in [-0.2, 0) is 4.79 Å². The number of nitrogens with two attached hydrogens (primary N) is 1. The zero-order chi connectivity index (χ0) is 19.6. The first-order valence-electron chi connectivity index (χ1n) is 9.06. The molecule has 2 aromatic rings. The first kappa shape index (κ1) is 19.3. The Labute approximate surface area is 164 Å². The fourth-order valence-corrected chi connectivity index (χ4v) is 3.99. The molecule has 3 rings (SSSR count). The third-order valence-electron chi connectivity index (χ3n) is 4.55. The summed E-state index contributed by atoms with van der Waals surface area (Å²) >= 11 is 1.63. The molecule has 1 amide bonds. The third kappa shape index (κ3) is 3.95. The Kier molecular flexibility index (Phi) is 5.74. The number of hydrogen-bond donors (Lipinski definition) is 2. The van der Waals surface area contributed by atoms with E-state index in [4.69, 9.17) is 5.73 Å². The van der Waals surface area contributed by atoms with Gasteiger partial charge < -0.3 is 16.0 Å². The number of anilines is 2. The topological polar surface area (TPSA) is 89.1 Å². The van der Waals surface area contributed by atoms with E-state index in [0.29, 0.717) is 22.4 Å². The van der Waals surface area contributed by atoms with Crippen molar-refractivity contribution in [1.82, 2.24) is 14.8 Å². The van der Waals surface area contributed by atoms with Crippen LogP contribution in [-0.4, -0.2) is 40.5 Å². The predicted octanol–water partition coefficient (Wildman–Crippen LogP) is 3.01. The van der Waals surface area contributed by atoms with Crippen LogP contribution in [0.4, 0.5) is 11.6 Å². The lowest BCUT2D eigenvalue weighted by molar-refractivity contribution is -0.115. The minimum Gasteiger partial charge on any atom is -0.378 e. The van der Waals surface area contributed by atoms with Gasteiger partial charge in [-0.2, -0.15) is 4.98 Å². The number of aromatic nitrogens is 3. The van der Waals surface area contributed by atoms with E-state index in [-0.39, 0.29) is 6.04 Å². The zero-order valence-electron chi connectivity index (χ0n) is 16.2. The molecule has 1 aliphatic heterocycles. The molecule has 1 atom stereocenters. The molecule has 0 fully saturated rings. The monoisotopic (exact) mass is 386 g/mol. The minimum absolute atomic E-state index is 0.386. The fraction of sp³-hybridized carbons (Fsp3) is 0.421. The van der Waals surface area contributed by atoms with Crippen LogP contribution < -0.4 is 16.0 Å². The number of benzene rings is 1. The summed E-state index contributed by atoms with van der Waals surface area (Å²) in [6.45, 7) is 4.01. The van der Waals surface area contributed by atoms with E-state index in [2.05, 4.69) is 22.3 Å². The van der Waals surface area contributed by atoms with Gasteiger partial charge in [-0.1, -0.05) is 37.2 Å². The molecule has 27 heavy (non-hydrogen) atoms. The number of nitrogens with zero attached hydrogens (tertiary/aromatic N) is 4. The Morgan fingerprint density at radius 3 is 2.63 bits per heavy atom. The summed E-state index contributed by atoms with van der Waals surface area (Å²) in [5, 5.41) is 8.54. The number of primary amides is 1. The van der Waals surface area contributed by atoms with E-state index in [1.54, 1.807) is 16.4 Å². The molecule has 1 unspecified atom stereocenters. The van der Waals surface area contributed by atoms with Gasteiger partial charge in [-0.3, -0.25) is 4.79 Å². The largest absolute Gasteiger partial charge is 0.378 e. The minimum atomic E-state index is -0.456. The van der Waals surface area contributed by atoms with E-state index in [1.165, 1.54) is 0 Å². The molecule has 0 radical (unpaired) electrons. The maximum atomic E-state index is 12.2. The summed E-state index contributed by atoms with van der Waals surface area (Å²) in [5.74, 6) is 1.15. The Balaban J connectivity index is 2.02. The molecule has 1 aromatic carbocycles. The van der Waals surface area contributed by atoms with Gasteiger partial charge in [0.05, 0.1) is 5.57 Å². The van der Waals surface area contributed by atoms with E-state index < -0.39 is 5.91 Å². The van der Waals surface area contributed by atoms with E-state index in [1.807, 2.05) is 50.2 Å². The zero-order valence-corrected chi connectivity index (χ0v) is 17.0.